The Kier molecular flexibility index (Phi) is 4.62. The molecule has 1 aliphatic rings. The number of aromatic hydroxyl groups is 1. The standard InChI is InChI=1S/C19H18N4O2S/c1-2-11-26-19-21-18-16(22-23-19)14-5-3-4-6-15(14)20-17(25-18)12-7-9-13(24)10-8-12/h3-10,17,20,24H,2,11H2,1H3. The number of phenolic OH excluding ortho intramolecular Hbond substituents is 1. The third-order valence-corrected chi connectivity index (χ3v) is 5.01. The monoisotopic (exact) mass is 366 g/mol. The number of rotatable bonds is 4. The number of hydrogen-bond donors (Lipinski definition) is 2. The highest BCUT2D eigenvalue weighted by atomic mass is 32.2. The van der Waals surface area contributed by atoms with E-state index in [2.05, 4.69) is 27.4 Å². The third kappa shape index (κ3) is 3.30. The summed E-state index contributed by atoms with van der Waals surface area (Å²) in [5, 5.41) is 22.2. The Balaban J connectivity index is 1.78. The highest BCUT2D eigenvalue weighted by Crippen LogP contribution is 2.39. The van der Waals surface area contributed by atoms with Gasteiger partial charge in [0.2, 0.25) is 11.0 Å². The van der Waals surface area contributed by atoms with Crippen molar-refractivity contribution in [3.05, 3.63) is 54.1 Å². The van der Waals surface area contributed by atoms with Gasteiger partial charge < -0.3 is 15.2 Å². The van der Waals surface area contributed by atoms with Crippen LogP contribution in [0.5, 0.6) is 11.6 Å². The lowest BCUT2D eigenvalue weighted by Gasteiger charge is -2.19. The van der Waals surface area contributed by atoms with Gasteiger partial charge in [-0.1, -0.05) is 36.9 Å². The van der Waals surface area contributed by atoms with Crippen molar-refractivity contribution >= 4 is 17.4 Å². The summed E-state index contributed by atoms with van der Waals surface area (Å²) in [5.41, 5.74) is 3.30. The molecule has 1 unspecified atom stereocenters. The lowest BCUT2D eigenvalue weighted by Crippen LogP contribution is -2.17. The van der Waals surface area contributed by atoms with E-state index in [1.165, 1.54) is 0 Å². The molecule has 2 N–H and O–H groups in total. The number of para-hydroxylation sites is 1. The molecule has 0 radical (unpaired) electrons. The maximum Gasteiger partial charge on any atom is 0.247 e. The van der Waals surface area contributed by atoms with Gasteiger partial charge in [-0.2, -0.15) is 4.98 Å². The number of nitrogens with one attached hydrogen (secondary N) is 1. The molecule has 1 aliphatic heterocycles. The molecule has 0 aliphatic carbocycles. The Morgan fingerprint density at radius 3 is 2.73 bits per heavy atom. The molecule has 26 heavy (non-hydrogen) atoms. The minimum atomic E-state index is -0.446. The van der Waals surface area contributed by atoms with Gasteiger partial charge >= 0.3 is 0 Å². The number of ether oxygens (including phenoxy) is 1. The number of benzene rings is 2. The van der Waals surface area contributed by atoms with Crippen molar-refractivity contribution in [3.63, 3.8) is 0 Å². The highest BCUT2D eigenvalue weighted by Gasteiger charge is 2.25. The fourth-order valence-electron chi connectivity index (χ4n) is 2.70. The van der Waals surface area contributed by atoms with Crippen molar-refractivity contribution in [2.24, 2.45) is 0 Å². The molecule has 0 fully saturated rings. The van der Waals surface area contributed by atoms with Gasteiger partial charge in [0, 0.05) is 22.6 Å². The molecule has 7 heteroatoms. The van der Waals surface area contributed by atoms with Crippen LogP contribution in [0.4, 0.5) is 5.69 Å². The Hall–Kier alpha value is -2.80. The molecule has 0 spiro atoms. The van der Waals surface area contributed by atoms with Crippen LogP contribution in [-0.4, -0.2) is 26.0 Å². The van der Waals surface area contributed by atoms with Gasteiger partial charge in [0.1, 0.15) is 5.75 Å². The minimum Gasteiger partial charge on any atom is -0.508 e. The number of fused-ring (bicyclic) bond motifs is 3. The fourth-order valence-corrected chi connectivity index (χ4v) is 3.33. The summed E-state index contributed by atoms with van der Waals surface area (Å²) in [7, 11) is 0. The SMILES string of the molecule is CCCSc1nnc2c(n1)OC(c1ccc(O)cc1)Nc1ccccc1-2. The summed E-state index contributed by atoms with van der Waals surface area (Å²) >= 11 is 1.56. The molecule has 132 valence electrons. The van der Waals surface area contributed by atoms with Crippen molar-refractivity contribution in [3.8, 4) is 22.9 Å². The van der Waals surface area contributed by atoms with E-state index < -0.39 is 6.23 Å². The number of nitrogens with zero attached hydrogens (tertiary/aromatic N) is 3. The quantitative estimate of drug-likeness (QED) is 0.668. The summed E-state index contributed by atoms with van der Waals surface area (Å²) < 4.78 is 6.17. The molecule has 0 saturated heterocycles. The van der Waals surface area contributed by atoms with Gasteiger partial charge in [-0.05, 0) is 36.8 Å². The molecule has 2 heterocycles. The van der Waals surface area contributed by atoms with E-state index in [0.29, 0.717) is 16.7 Å². The molecule has 0 amide bonds. The Labute approximate surface area is 155 Å². The van der Waals surface area contributed by atoms with Gasteiger partial charge in [0.15, 0.2) is 11.9 Å². The number of phenols is 1. The van der Waals surface area contributed by atoms with Gasteiger partial charge in [0.25, 0.3) is 0 Å². The predicted molar refractivity (Wildman–Crippen MR) is 101 cm³/mol. The molecule has 2 aromatic carbocycles. The number of thioether (sulfide) groups is 1. The number of hydrogen-bond acceptors (Lipinski definition) is 7. The largest absolute Gasteiger partial charge is 0.508 e. The summed E-state index contributed by atoms with van der Waals surface area (Å²) in [6, 6.07) is 14.8. The third-order valence-electron chi connectivity index (χ3n) is 3.96. The normalized spacial score (nSPS) is 15.2. The van der Waals surface area contributed by atoms with Gasteiger partial charge in [-0.3, -0.25) is 0 Å². The first-order valence-corrected chi connectivity index (χ1v) is 9.42. The van der Waals surface area contributed by atoms with E-state index in [9.17, 15) is 5.11 Å². The zero-order valence-corrected chi connectivity index (χ0v) is 15.0. The zero-order valence-electron chi connectivity index (χ0n) is 14.2. The van der Waals surface area contributed by atoms with E-state index in [4.69, 9.17) is 4.74 Å². The van der Waals surface area contributed by atoms with Crippen LogP contribution < -0.4 is 10.1 Å². The summed E-state index contributed by atoms with van der Waals surface area (Å²) in [5.74, 6) is 1.59. The van der Waals surface area contributed by atoms with E-state index in [1.54, 1.807) is 23.9 Å². The van der Waals surface area contributed by atoms with Crippen LogP contribution in [0.3, 0.4) is 0 Å². The Morgan fingerprint density at radius 1 is 1.12 bits per heavy atom. The van der Waals surface area contributed by atoms with E-state index in [0.717, 1.165) is 29.0 Å². The van der Waals surface area contributed by atoms with Crippen LogP contribution in [0, 0.1) is 0 Å². The first kappa shape index (κ1) is 16.7. The maximum atomic E-state index is 9.55. The van der Waals surface area contributed by atoms with Crippen molar-refractivity contribution in [1.29, 1.82) is 0 Å². The van der Waals surface area contributed by atoms with Gasteiger partial charge in [0.05, 0.1) is 0 Å². The minimum absolute atomic E-state index is 0.213. The van der Waals surface area contributed by atoms with E-state index in [-0.39, 0.29) is 5.75 Å². The van der Waals surface area contributed by atoms with Gasteiger partial charge in [-0.25, -0.2) is 0 Å². The van der Waals surface area contributed by atoms with Crippen LogP contribution in [-0.2, 0) is 0 Å². The lowest BCUT2D eigenvalue weighted by molar-refractivity contribution is 0.225. The van der Waals surface area contributed by atoms with Crippen LogP contribution in [0.2, 0.25) is 0 Å². The van der Waals surface area contributed by atoms with Crippen molar-refractivity contribution < 1.29 is 9.84 Å². The fraction of sp³-hybridized carbons (Fsp3) is 0.211. The number of anilines is 1. The second-order valence-corrected chi connectivity index (χ2v) is 6.94. The molecule has 3 aromatic rings. The van der Waals surface area contributed by atoms with Crippen molar-refractivity contribution in [2.45, 2.75) is 24.7 Å². The topological polar surface area (TPSA) is 80.2 Å². The Bertz CT molecular complexity index is 918. The zero-order chi connectivity index (χ0) is 17.9. The van der Waals surface area contributed by atoms with E-state index in [1.807, 2.05) is 36.4 Å². The molecule has 6 nitrogen and oxygen atoms in total. The van der Waals surface area contributed by atoms with Gasteiger partial charge in [-0.15, -0.1) is 10.2 Å². The van der Waals surface area contributed by atoms with Crippen LogP contribution in [0.1, 0.15) is 25.1 Å². The average Bonchev–Trinajstić information content (AvgIpc) is 2.83. The van der Waals surface area contributed by atoms with E-state index >= 15 is 0 Å². The molecule has 1 aromatic heterocycles. The summed E-state index contributed by atoms with van der Waals surface area (Å²) in [4.78, 5) is 4.58. The Morgan fingerprint density at radius 2 is 1.92 bits per heavy atom. The highest BCUT2D eigenvalue weighted by molar-refractivity contribution is 7.99. The first-order valence-electron chi connectivity index (χ1n) is 8.43. The van der Waals surface area contributed by atoms with Crippen LogP contribution >= 0.6 is 11.8 Å². The lowest BCUT2D eigenvalue weighted by atomic mass is 10.1. The van der Waals surface area contributed by atoms with Crippen molar-refractivity contribution in [1.82, 2.24) is 15.2 Å². The second kappa shape index (κ2) is 7.21. The van der Waals surface area contributed by atoms with Crippen LogP contribution in [0.25, 0.3) is 11.3 Å². The molecular weight excluding hydrogens is 348 g/mol. The first-order chi connectivity index (χ1) is 12.7. The molecule has 4 rings (SSSR count). The molecule has 0 bridgehead atoms. The summed E-state index contributed by atoms with van der Waals surface area (Å²) in [6.45, 7) is 2.11. The summed E-state index contributed by atoms with van der Waals surface area (Å²) in [6.07, 6.45) is 0.589. The maximum absolute atomic E-state index is 9.55. The smallest absolute Gasteiger partial charge is 0.247 e. The average molecular weight is 366 g/mol. The number of aromatic nitrogens is 3. The predicted octanol–water partition coefficient (Wildman–Crippen LogP) is 4.25. The molecule has 0 saturated carbocycles. The van der Waals surface area contributed by atoms with Crippen molar-refractivity contribution in [2.75, 3.05) is 11.1 Å². The van der Waals surface area contributed by atoms with Crippen LogP contribution in [0.15, 0.2) is 53.7 Å². The molecule has 1 atom stereocenters. The molecular formula is C19H18N4O2S. The second-order valence-electron chi connectivity index (χ2n) is 5.88.